The molecule has 2 aromatic rings. The molecule has 0 aliphatic carbocycles. The number of nitrogens with zero attached hydrogens (tertiary/aromatic N) is 3. The number of aromatic nitrogens is 2. The van der Waals surface area contributed by atoms with Gasteiger partial charge in [0.25, 0.3) is 0 Å². The van der Waals surface area contributed by atoms with E-state index < -0.39 is 4.92 Å². The molecule has 6 nitrogen and oxygen atoms in total. The first-order valence-electron chi connectivity index (χ1n) is 4.18. The molecule has 0 radical (unpaired) electrons. The molecular formula is C8H5Br2N3O3. The normalized spacial score (nSPS) is 10.6. The van der Waals surface area contributed by atoms with E-state index in [1.807, 2.05) is 0 Å². The van der Waals surface area contributed by atoms with Crippen molar-refractivity contribution in [2.24, 2.45) is 0 Å². The van der Waals surface area contributed by atoms with Crippen LogP contribution in [0.3, 0.4) is 0 Å². The van der Waals surface area contributed by atoms with E-state index in [4.69, 9.17) is 4.42 Å². The summed E-state index contributed by atoms with van der Waals surface area (Å²) in [6, 6.07) is 3.52. The minimum atomic E-state index is -0.543. The molecule has 2 aromatic heterocycles. The lowest BCUT2D eigenvalue weighted by Gasteiger charge is -1.91. The fourth-order valence-corrected chi connectivity index (χ4v) is 1.99. The molecule has 0 fully saturated rings. The molecule has 0 saturated carbocycles. The van der Waals surface area contributed by atoms with Gasteiger partial charge in [0.15, 0.2) is 4.67 Å². The maximum atomic E-state index is 10.6. The van der Waals surface area contributed by atoms with Crippen LogP contribution >= 0.6 is 31.9 Å². The van der Waals surface area contributed by atoms with Crippen molar-refractivity contribution in [3.8, 4) is 0 Å². The average Bonchev–Trinajstić information content (AvgIpc) is 2.73. The Morgan fingerprint density at radius 3 is 2.75 bits per heavy atom. The summed E-state index contributed by atoms with van der Waals surface area (Å²) in [6.07, 6.45) is 1.54. The zero-order valence-electron chi connectivity index (χ0n) is 7.76. The Hall–Kier alpha value is -1.15. The van der Waals surface area contributed by atoms with E-state index in [9.17, 15) is 10.1 Å². The van der Waals surface area contributed by atoms with Gasteiger partial charge in [0.05, 0.1) is 11.3 Å². The second-order valence-electron chi connectivity index (χ2n) is 2.96. The quantitative estimate of drug-likeness (QED) is 0.630. The number of nitro groups is 1. The van der Waals surface area contributed by atoms with Crippen LogP contribution in [0.1, 0.15) is 5.76 Å². The summed E-state index contributed by atoms with van der Waals surface area (Å²) in [5, 5.41) is 14.4. The maximum absolute atomic E-state index is 10.6. The zero-order chi connectivity index (χ0) is 11.7. The molecular weight excluding hydrogens is 346 g/mol. The Balaban J connectivity index is 2.22. The molecule has 2 heterocycles. The summed E-state index contributed by atoms with van der Waals surface area (Å²) in [4.78, 5) is 10.0. The third kappa shape index (κ3) is 2.33. The van der Waals surface area contributed by atoms with Crippen LogP contribution in [-0.2, 0) is 6.54 Å². The van der Waals surface area contributed by atoms with E-state index in [0.29, 0.717) is 21.4 Å². The van der Waals surface area contributed by atoms with Crippen LogP contribution in [-0.4, -0.2) is 14.7 Å². The van der Waals surface area contributed by atoms with E-state index in [-0.39, 0.29) is 5.82 Å². The fraction of sp³-hybridized carbons (Fsp3) is 0.125. The van der Waals surface area contributed by atoms with E-state index in [0.717, 1.165) is 0 Å². The summed E-state index contributed by atoms with van der Waals surface area (Å²) in [5.41, 5.74) is 0. The Bertz CT molecular complexity index is 534. The van der Waals surface area contributed by atoms with Crippen LogP contribution < -0.4 is 0 Å². The molecule has 84 valence electrons. The van der Waals surface area contributed by atoms with Crippen LogP contribution in [0.15, 0.2) is 31.9 Å². The van der Waals surface area contributed by atoms with Crippen molar-refractivity contribution in [2.75, 3.05) is 0 Å². The van der Waals surface area contributed by atoms with Crippen LogP contribution in [0.5, 0.6) is 0 Å². The summed E-state index contributed by atoms with van der Waals surface area (Å²) in [6.45, 7) is 0.345. The van der Waals surface area contributed by atoms with E-state index in [1.165, 1.54) is 10.9 Å². The lowest BCUT2D eigenvalue weighted by atomic mass is 10.4. The Kier molecular flexibility index (Phi) is 3.10. The molecule has 0 aliphatic rings. The minimum Gasteiger partial charge on any atom is -0.452 e. The van der Waals surface area contributed by atoms with Gasteiger partial charge in [-0.2, -0.15) is 4.68 Å². The van der Waals surface area contributed by atoms with E-state index in [2.05, 4.69) is 37.0 Å². The molecule has 16 heavy (non-hydrogen) atoms. The molecule has 2 rings (SSSR count). The molecule has 0 aliphatic heterocycles. The van der Waals surface area contributed by atoms with Gasteiger partial charge in [0, 0.05) is 0 Å². The van der Waals surface area contributed by atoms with Crippen molar-refractivity contribution in [1.82, 2.24) is 9.78 Å². The molecule has 0 unspecified atom stereocenters. The van der Waals surface area contributed by atoms with Crippen LogP contribution in [0.2, 0.25) is 0 Å². The van der Waals surface area contributed by atoms with Gasteiger partial charge in [0.1, 0.15) is 16.8 Å². The van der Waals surface area contributed by atoms with E-state index >= 15 is 0 Å². The van der Waals surface area contributed by atoms with Crippen molar-refractivity contribution in [3.63, 3.8) is 0 Å². The highest BCUT2D eigenvalue weighted by Gasteiger charge is 2.19. The highest BCUT2D eigenvalue weighted by atomic mass is 79.9. The first-order chi connectivity index (χ1) is 7.56. The summed E-state index contributed by atoms with van der Waals surface area (Å²) >= 11 is 6.25. The second-order valence-corrected chi connectivity index (χ2v) is 4.60. The first kappa shape index (κ1) is 11.3. The number of rotatable bonds is 3. The number of halogens is 2. The predicted octanol–water partition coefficient (Wildman–Crippen LogP) is 2.96. The van der Waals surface area contributed by atoms with Gasteiger partial charge in [-0.3, -0.25) is 0 Å². The molecule has 0 atom stereocenters. The highest BCUT2D eigenvalue weighted by Crippen LogP contribution is 2.23. The van der Waals surface area contributed by atoms with Gasteiger partial charge in [-0.15, -0.1) is 0 Å². The fourth-order valence-electron chi connectivity index (χ4n) is 1.19. The second kappa shape index (κ2) is 4.38. The predicted molar refractivity (Wildman–Crippen MR) is 62.1 cm³/mol. The summed E-state index contributed by atoms with van der Waals surface area (Å²) in [5.74, 6) is 0.461. The van der Waals surface area contributed by atoms with Crippen LogP contribution in [0.4, 0.5) is 5.82 Å². The molecule has 0 bridgehead atoms. The Labute approximate surface area is 107 Å². The lowest BCUT2D eigenvalue weighted by Crippen LogP contribution is -2.00. The van der Waals surface area contributed by atoms with Gasteiger partial charge < -0.3 is 14.5 Å². The zero-order valence-corrected chi connectivity index (χ0v) is 10.9. The smallest absolute Gasteiger partial charge is 0.404 e. The topological polar surface area (TPSA) is 74.1 Å². The van der Waals surface area contributed by atoms with Crippen molar-refractivity contribution in [1.29, 1.82) is 0 Å². The van der Waals surface area contributed by atoms with Gasteiger partial charge in [-0.25, -0.2) is 0 Å². The Morgan fingerprint density at radius 2 is 2.25 bits per heavy atom. The standard InChI is InChI=1S/C8H5Br2N3O3/c9-6-4-12(11-8(6)13(14)15)3-5-1-2-7(10)16-5/h1-2,4H,3H2. The molecule has 0 amide bonds. The van der Waals surface area contributed by atoms with Gasteiger partial charge in [0.2, 0.25) is 0 Å². The van der Waals surface area contributed by atoms with Crippen LogP contribution in [0.25, 0.3) is 0 Å². The number of furan rings is 1. The highest BCUT2D eigenvalue weighted by molar-refractivity contribution is 9.10. The lowest BCUT2D eigenvalue weighted by molar-refractivity contribution is -0.390. The number of hydrogen-bond donors (Lipinski definition) is 0. The minimum absolute atomic E-state index is 0.203. The van der Waals surface area contributed by atoms with Crippen molar-refractivity contribution >= 4 is 37.7 Å². The first-order valence-corrected chi connectivity index (χ1v) is 5.76. The van der Waals surface area contributed by atoms with Crippen molar-refractivity contribution in [2.45, 2.75) is 6.54 Å². The molecule has 0 aromatic carbocycles. The average molecular weight is 351 g/mol. The molecule has 0 N–H and O–H groups in total. The summed E-state index contributed by atoms with van der Waals surface area (Å²) in [7, 11) is 0. The molecule has 0 saturated heterocycles. The van der Waals surface area contributed by atoms with Crippen molar-refractivity contribution in [3.05, 3.63) is 43.3 Å². The van der Waals surface area contributed by atoms with E-state index in [1.54, 1.807) is 12.1 Å². The maximum Gasteiger partial charge on any atom is 0.404 e. The summed E-state index contributed by atoms with van der Waals surface area (Å²) < 4.78 is 7.67. The Morgan fingerprint density at radius 1 is 1.50 bits per heavy atom. The molecule has 0 spiro atoms. The monoisotopic (exact) mass is 349 g/mol. The molecule has 8 heteroatoms. The van der Waals surface area contributed by atoms with Gasteiger partial charge >= 0.3 is 5.82 Å². The van der Waals surface area contributed by atoms with Gasteiger partial charge in [-0.05, 0) is 48.9 Å². The third-order valence-corrected chi connectivity index (χ3v) is 2.80. The largest absolute Gasteiger partial charge is 0.452 e. The SMILES string of the molecule is O=[N+]([O-])c1nn(Cc2ccc(Br)o2)cc1Br. The number of hydrogen-bond acceptors (Lipinski definition) is 4. The third-order valence-electron chi connectivity index (χ3n) is 1.82. The van der Waals surface area contributed by atoms with Crippen molar-refractivity contribution < 1.29 is 9.34 Å². The van der Waals surface area contributed by atoms with Gasteiger partial charge in [-0.1, -0.05) is 0 Å². The van der Waals surface area contributed by atoms with Crippen LogP contribution in [0, 0.1) is 10.1 Å².